The number of ether oxygens (including phenoxy) is 1. The molecule has 130 valence electrons. The van der Waals surface area contributed by atoms with Crippen LogP contribution in [0.2, 0.25) is 0 Å². The number of carbonyl (C=O) groups is 2. The van der Waals surface area contributed by atoms with Crippen molar-refractivity contribution in [1.29, 1.82) is 0 Å². The molecule has 1 unspecified atom stereocenters. The number of rotatable bonds is 5. The molecular weight excluding hydrogens is 323 g/mol. The molecule has 1 aliphatic rings. The van der Waals surface area contributed by atoms with Crippen molar-refractivity contribution in [1.82, 2.24) is 5.32 Å². The van der Waals surface area contributed by atoms with Gasteiger partial charge in [0.25, 0.3) is 5.91 Å². The molecule has 6 heteroatoms. The summed E-state index contributed by atoms with van der Waals surface area (Å²) >= 11 is 0. The number of amides is 2. The van der Waals surface area contributed by atoms with Crippen LogP contribution < -0.4 is 15.4 Å². The van der Waals surface area contributed by atoms with Gasteiger partial charge >= 0.3 is 0 Å². The Kier molecular flexibility index (Phi) is 4.97. The highest BCUT2D eigenvalue weighted by molar-refractivity contribution is 6.00. The lowest BCUT2D eigenvalue weighted by atomic mass is 10.1. The monoisotopic (exact) mass is 342 g/mol. The first-order valence-electron chi connectivity index (χ1n) is 8.10. The molecule has 0 fully saturated rings. The number of hydrogen-bond donors (Lipinski definition) is 2. The van der Waals surface area contributed by atoms with Crippen LogP contribution in [0.5, 0.6) is 5.75 Å². The fraction of sp³-hybridized carbons (Fsp3) is 0.263. The number of anilines is 1. The molecule has 0 aliphatic carbocycles. The summed E-state index contributed by atoms with van der Waals surface area (Å²) in [5.41, 5.74) is 2.57. The zero-order valence-electron chi connectivity index (χ0n) is 13.8. The Bertz CT molecular complexity index is 790. The van der Waals surface area contributed by atoms with Gasteiger partial charge in [-0.15, -0.1) is 0 Å². The molecule has 5 nitrogen and oxygen atoms in total. The van der Waals surface area contributed by atoms with E-state index >= 15 is 0 Å². The summed E-state index contributed by atoms with van der Waals surface area (Å²) in [6.45, 7) is 2.33. The maximum Gasteiger partial charge on any atom is 0.266 e. The van der Waals surface area contributed by atoms with Gasteiger partial charge in [-0.1, -0.05) is 18.2 Å². The first kappa shape index (κ1) is 17.0. The van der Waals surface area contributed by atoms with Crippen LogP contribution in [0.1, 0.15) is 17.5 Å². The van der Waals surface area contributed by atoms with E-state index in [0.717, 1.165) is 11.1 Å². The minimum atomic E-state index is -0.846. The third kappa shape index (κ3) is 4.35. The highest BCUT2D eigenvalue weighted by atomic mass is 19.1. The summed E-state index contributed by atoms with van der Waals surface area (Å²) in [5.74, 6) is -0.317. The van der Waals surface area contributed by atoms with Crippen LogP contribution in [0.15, 0.2) is 42.5 Å². The molecule has 0 radical (unpaired) electrons. The molecule has 1 atom stereocenters. The SMILES string of the molecule is Cc1ccc2c(c1)NC(=O)C(CC(=O)NCCc1ccc(F)cc1)O2. The Balaban J connectivity index is 1.50. The second-order valence-corrected chi connectivity index (χ2v) is 6.03. The summed E-state index contributed by atoms with van der Waals surface area (Å²) in [6, 6.07) is 11.6. The van der Waals surface area contributed by atoms with Crippen molar-refractivity contribution in [3.05, 3.63) is 59.4 Å². The summed E-state index contributed by atoms with van der Waals surface area (Å²) in [5, 5.41) is 5.52. The third-order valence-corrected chi connectivity index (χ3v) is 3.97. The molecule has 0 saturated carbocycles. The highest BCUT2D eigenvalue weighted by Crippen LogP contribution is 2.30. The molecule has 2 aromatic rings. The average Bonchev–Trinajstić information content (AvgIpc) is 2.57. The predicted octanol–water partition coefficient (Wildman–Crippen LogP) is 2.58. The van der Waals surface area contributed by atoms with E-state index in [9.17, 15) is 14.0 Å². The molecule has 2 N–H and O–H groups in total. The molecule has 0 spiro atoms. The standard InChI is InChI=1S/C19H19FN2O3/c1-12-2-7-16-15(10-12)22-19(24)17(25-16)11-18(23)21-9-8-13-3-5-14(20)6-4-13/h2-7,10,17H,8-9,11H2,1H3,(H,21,23)(H,22,24). The molecule has 0 aromatic heterocycles. The Morgan fingerprint density at radius 2 is 2.00 bits per heavy atom. The highest BCUT2D eigenvalue weighted by Gasteiger charge is 2.29. The molecule has 25 heavy (non-hydrogen) atoms. The maximum atomic E-state index is 12.8. The van der Waals surface area contributed by atoms with Crippen LogP contribution >= 0.6 is 0 Å². The van der Waals surface area contributed by atoms with Gasteiger partial charge in [-0.25, -0.2) is 4.39 Å². The molecule has 1 aliphatic heterocycles. The van der Waals surface area contributed by atoms with Crippen molar-refractivity contribution in [3.8, 4) is 5.75 Å². The lowest BCUT2D eigenvalue weighted by Gasteiger charge is -2.25. The van der Waals surface area contributed by atoms with Gasteiger partial charge in [-0.3, -0.25) is 9.59 Å². The van der Waals surface area contributed by atoms with Crippen molar-refractivity contribution >= 4 is 17.5 Å². The number of benzene rings is 2. The molecule has 1 heterocycles. The second-order valence-electron chi connectivity index (χ2n) is 6.03. The predicted molar refractivity (Wildman–Crippen MR) is 92.0 cm³/mol. The van der Waals surface area contributed by atoms with Gasteiger partial charge in [0.15, 0.2) is 6.10 Å². The van der Waals surface area contributed by atoms with E-state index in [-0.39, 0.29) is 24.1 Å². The van der Waals surface area contributed by atoms with Crippen LogP contribution in [0.25, 0.3) is 0 Å². The van der Waals surface area contributed by atoms with Crippen LogP contribution in [-0.2, 0) is 16.0 Å². The smallest absolute Gasteiger partial charge is 0.266 e. The second kappa shape index (κ2) is 7.34. The first-order valence-corrected chi connectivity index (χ1v) is 8.10. The number of halogens is 1. The summed E-state index contributed by atoms with van der Waals surface area (Å²) in [6.07, 6.45) is -0.310. The van der Waals surface area contributed by atoms with E-state index in [1.165, 1.54) is 12.1 Å². The summed E-state index contributed by atoms with van der Waals surface area (Å²) < 4.78 is 18.5. The molecule has 0 saturated heterocycles. The van der Waals surface area contributed by atoms with Gasteiger partial charge in [0.05, 0.1) is 12.1 Å². The van der Waals surface area contributed by atoms with Crippen molar-refractivity contribution in [2.24, 2.45) is 0 Å². The number of nitrogens with one attached hydrogen (secondary N) is 2. The molecule has 3 rings (SSSR count). The number of carbonyl (C=O) groups excluding carboxylic acids is 2. The van der Waals surface area contributed by atoms with Gasteiger partial charge in [0.1, 0.15) is 11.6 Å². The van der Waals surface area contributed by atoms with E-state index < -0.39 is 6.10 Å². The summed E-state index contributed by atoms with van der Waals surface area (Å²) in [4.78, 5) is 24.1. The average molecular weight is 342 g/mol. The fourth-order valence-corrected chi connectivity index (χ4v) is 2.64. The van der Waals surface area contributed by atoms with Crippen molar-refractivity contribution in [2.45, 2.75) is 25.9 Å². The normalized spacial score (nSPS) is 15.8. The van der Waals surface area contributed by atoms with Crippen molar-refractivity contribution in [2.75, 3.05) is 11.9 Å². The fourth-order valence-electron chi connectivity index (χ4n) is 2.64. The third-order valence-electron chi connectivity index (χ3n) is 3.97. The quantitative estimate of drug-likeness (QED) is 0.878. The molecule has 2 aromatic carbocycles. The van der Waals surface area contributed by atoms with Crippen LogP contribution in [0.4, 0.5) is 10.1 Å². The van der Waals surface area contributed by atoms with Gasteiger partial charge in [0.2, 0.25) is 5.91 Å². The van der Waals surface area contributed by atoms with E-state index in [1.54, 1.807) is 18.2 Å². The minimum Gasteiger partial charge on any atom is -0.478 e. The topological polar surface area (TPSA) is 67.4 Å². The Labute approximate surface area is 145 Å². The zero-order chi connectivity index (χ0) is 17.8. The van der Waals surface area contributed by atoms with E-state index in [2.05, 4.69) is 10.6 Å². The number of hydrogen-bond acceptors (Lipinski definition) is 3. The van der Waals surface area contributed by atoms with Crippen LogP contribution in [-0.4, -0.2) is 24.5 Å². The lowest BCUT2D eigenvalue weighted by molar-refractivity contribution is -0.130. The minimum absolute atomic E-state index is 0.0530. The number of fused-ring (bicyclic) bond motifs is 1. The maximum absolute atomic E-state index is 12.8. The van der Waals surface area contributed by atoms with Crippen molar-refractivity contribution in [3.63, 3.8) is 0 Å². The summed E-state index contributed by atoms with van der Waals surface area (Å²) in [7, 11) is 0. The van der Waals surface area contributed by atoms with Crippen molar-refractivity contribution < 1.29 is 18.7 Å². The zero-order valence-corrected chi connectivity index (χ0v) is 13.8. The van der Waals surface area contributed by atoms with Gasteiger partial charge < -0.3 is 15.4 Å². The lowest BCUT2D eigenvalue weighted by Crippen LogP contribution is -2.41. The van der Waals surface area contributed by atoms with Gasteiger partial charge in [0, 0.05) is 6.54 Å². The van der Waals surface area contributed by atoms with E-state index in [1.807, 2.05) is 19.1 Å². The largest absolute Gasteiger partial charge is 0.478 e. The number of aryl methyl sites for hydroxylation is 1. The molecule has 2 amide bonds. The Morgan fingerprint density at radius 1 is 1.24 bits per heavy atom. The Hall–Kier alpha value is -2.89. The van der Waals surface area contributed by atoms with Crippen LogP contribution in [0, 0.1) is 12.7 Å². The molecule has 0 bridgehead atoms. The van der Waals surface area contributed by atoms with Gasteiger partial charge in [-0.2, -0.15) is 0 Å². The Morgan fingerprint density at radius 3 is 2.76 bits per heavy atom. The van der Waals surface area contributed by atoms with Crippen LogP contribution in [0.3, 0.4) is 0 Å². The van der Waals surface area contributed by atoms with E-state index in [4.69, 9.17) is 4.74 Å². The van der Waals surface area contributed by atoms with Gasteiger partial charge in [-0.05, 0) is 48.7 Å². The van der Waals surface area contributed by atoms with E-state index in [0.29, 0.717) is 24.4 Å². The molecular formula is C19H19FN2O3. The first-order chi connectivity index (χ1) is 12.0.